The number of aromatic amines is 1. The number of hydrogen-bond acceptors (Lipinski definition) is 3. The van der Waals surface area contributed by atoms with Crippen LogP contribution in [0.15, 0.2) is 29.4 Å². The number of nitrogens with zero attached hydrogens (tertiary/aromatic N) is 1. The molecule has 0 amide bonds. The van der Waals surface area contributed by atoms with E-state index >= 15 is 0 Å². The zero-order valence-corrected chi connectivity index (χ0v) is 11.9. The van der Waals surface area contributed by atoms with E-state index in [1.807, 2.05) is 37.0 Å². The predicted molar refractivity (Wildman–Crippen MR) is 79.2 cm³/mol. The maximum absolute atomic E-state index is 4.56. The van der Waals surface area contributed by atoms with Gasteiger partial charge in [0.25, 0.3) is 0 Å². The molecule has 98 valence electrons. The fourth-order valence-corrected chi connectivity index (χ4v) is 2.90. The highest BCUT2D eigenvalue weighted by atomic mass is 32.2. The first-order chi connectivity index (χ1) is 8.83. The average Bonchev–Trinajstić information content (AvgIpc) is 2.81. The summed E-state index contributed by atoms with van der Waals surface area (Å²) in [5, 5.41) is 4.38. The number of thioether (sulfide) groups is 1. The fraction of sp³-hybridized carbons (Fsp3) is 0.500. The third-order valence-corrected chi connectivity index (χ3v) is 4.16. The minimum atomic E-state index is 0.654. The molecule has 0 fully saturated rings. The number of rotatable bonds is 7. The summed E-state index contributed by atoms with van der Waals surface area (Å²) in [5.74, 6) is 1.12. The van der Waals surface area contributed by atoms with Crippen LogP contribution in [0.1, 0.15) is 26.2 Å². The van der Waals surface area contributed by atoms with Crippen LogP contribution in [-0.2, 0) is 0 Å². The largest absolute Gasteiger partial charge is 0.333 e. The van der Waals surface area contributed by atoms with Gasteiger partial charge >= 0.3 is 0 Å². The lowest BCUT2D eigenvalue weighted by Crippen LogP contribution is -2.23. The van der Waals surface area contributed by atoms with Gasteiger partial charge in [0.1, 0.15) is 0 Å². The van der Waals surface area contributed by atoms with Crippen LogP contribution in [0.4, 0.5) is 0 Å². The van der Waals surface area contributed by atoms with Gasteiger partial charge in [0.15, 0.2) is 5.16 Å². The standard InChI is InChI=1S/C14H21N3S/c1-3-11(15-2)7-6-10-18-14-16-12-8-4-5-9-13(12)17-14/h4-5,8-9,11,15H,3,6-7,10H2,1-2H3,(H,16,17). The highest BCUT2D eigenvalue weighted by molar-refractivity contribution is 7.99. The van der Waals surface area contributed by atoms with E-state index in [0.717, 1.165) is 21.9 Å². The molecule has 0 saturated heterocycles. The fourth-order valence-electron chi connectivity index (χ4n) is 2.05. The molecule has 4 heteroatoms. The monoisotopic (exact) mass is 263 g/mol. The van der Waals surface area contributed by atoms with Gasteiger partial charge in [0, 0.05) is 11.8 Å². The normalized spacial score (nSPS) is 13.0. The Morgan fingerprint density at radius 1 is 1.39 bits per heavy atom. The number of aromatic nitrogens is 2. The second-order valence-electron chi connectivity index (χ2n) is 4.44. The van der Waals surface area contributed by atoms with Gasteiger partial charge in [0.05, 0.1) is 11.0 Å². The van der Waals surface area contributed by atoms with Crippen molar-refractivity contribution in [2.75, 3.05) is 12.8 Å². The quantitative estimate of drug-likeness (QED) is 0.594. The molecular formula is C14H21N3S. The molecule has 3 nitrogen and oxygen atoms in total. The van der Waals surface area contributed by atoms with Gasteiger partial charge in [-0.05, 0) is 38.4 Å². The number of benzene rings is 1. The van der Waals surface area contributed by atoms with Gasteiger partial charge in [-0.1, -0.05) is 30.8 Å². The summed E-state index contributed by atoms with van der Waals surface area (Å²) in [5.41, 5.74) is 2.18. The lowest BCUT2D eigenvalue weighted by Gasteiger charge is -2.12. The number of para-hydroxylation sites is 2. The summed E-state index contributed by atoms with van der Waals surface area (Å²) >= 11 is 1.81. The molecule has 2 N–H and O–H groups in total. The third-order valence-electron chi connectivity index (χ3n) is 3.20. The first-order valence-electron chi connectivity index (χ1n) is 6.58. The van der Waals surface area contributed by atoms with Crippen molar-refractivity contribution >= 4 is 22.8 Å². The number of imidazole rings is 1. The molecule has 0 aliphatic carbocycles. The Hall–Kier alpha value is -1.00. The zero-order chi connectivity index (χ0) is 12.8. The molecule has 0 radical (unpaired) electrons. The predicted octanol–water partition coefficient (Wildman–Crippen LogP) is 3.43. The van der Waals surface area contributed by atoms with Crippen molar-refractivity contribution in [3.8, 4) is 0 Å². The lowest BCUT2D eigenvalue weighted by atomic mass is 10.1. The average molecular weight is 263 g/mol. The van der Waals surface area contributed by atoms with Gasteiger partial charge in [-0.3, -0.25) is 0 Å². The summed E-state index contributed by atoms with van der Waals surface area (Å²) in [4.78, 5) is 7.91. The zero-order valence-electron chi connectivity index (χ0n) is 11.1. The molecule has 18 heavy (non-hydrogen) atoms. The van der Waals surface area contributed by atoms with Crippen molar-refractivity contribution in [3.05, 3.63) is 24.3 Å². The molecule has 1 aromatic carbocycles. The minimum Gasteiger partial charge on any atom is -0.333 e. The van der Waals surface area contributed by atoms with Gasteiger partial charge < -0.3 is 10.3 Å². The van der Waals surface area contributed by atoms with Crippen LogP contribution in [0.2, 0.25) is 0 Å². The molecule has 0 saturated carbocycles. The van der Waals surface area contributed by atoms with Crippen LogP contribution >= 0.6 is 11.8 Å². The summed E-state index contributed by atoms with van der Waals surface area (Å²) < 4.78 is 0. The molecule has 0 aliphatic heterocycles. The first kappa shape index (κ1) is 13.4. The summed E-state index contributed by atoms with van der Waals surface area (Å²) in [6, 6.07) is 8.83. The highest BCUT2D eigenvalue weighted by Gasteiger charge is 2.04. The van der Waals surface area contributed by atoms with E-state index in [-0.39, 0.29) is 0 Å². The number of H-pyrrole nitrogens is 1. The number of nitrogens with one attached hydrogen (secondary N) is 2. The minimum absolute atomic E-state index is 0.654. The number of hydrogen-bond donors (Lipinski definition) is 2. The van der Waals surface area contributed by atoms with E-state index in [1.165, 1.54) is 19.3 Å². The Kier molecular flexibility index (Phi) is 5.08. The first-order valence-corrected chi connectivity index (χ1v) is 7.57. The van der Waals surface area contributed by atoms with E-state index in [4.69, 9.17) is 0 Å². The second kappa shape index (κ2) is 6.81. The molecule has 1 aromatic heterocycles. The third kappa shape index (κ3) is 3.50. The summed E-state index contributed by atoms with van der Waals surface area (Å²) in [6.45, 7) is 2.23. The SMILES string of the molecule is CCC(CCCSc1nc2ccccc2[nH]1)NC. The van der Waals surface area contributed by atoms with E-state index in [1.54, 1.807) is 0 Å². The van der Waals surface area contributed by atoms with E-state index in [9.17, 15) is 0 Å². The molecule has 1 unspecified atom stereocenters. The van der Waals surface area contributed by atoms with Gasteiger partial charge in [-0.25, -0.2) is 4.98 Å². The Morgan fingerprint density at radius 2 is 2.22 bits per heavy atom. The maximum Gasteiger partial charge on any atom is 0.166 e. The summed E-state index contributed by atoms with van der Waals surface area (Å²) in [6.07, 6.45) is 3.66. The molecule has 0 spiro atoms. The van der Waals surface area contributed by atoms with Crippen LogP contribution in [0.3, 0.4) is 0 Å². The Labute approximate surface area is 113 Å². The van der Waals surface area contributed by atoms with Crippen LogP contribution in [0, 0.1) is 0 Å². The van der Waals surface area contributed by atoms with Crippen molar-refractivity contribution in [1.82, 2.24) is 15.3 Å². The van der Waals surface area contributed by atoms with Crippen LogP contribution in [0.25, 0.3) is 11.0 Å². The molecule has 0 bridgehead atoms. The summed E-state index contributed by atoms with van der Waals surface area (Å²) in [7, 11) is 2.04. The second-order valence-corrected chi connectivity index (χ2v) is 5.53. The molecule has 1 heterocycles. The number of fused-ring (bicyclic) bond motifs is 1. The van der Waals surface area contributed by atoms with Crippen molar-refractivity contribution in [1.29, 1.82) is 0 Å². The molecule has 2 aromatic rings. The topological polar surface area (TPSA) is 40.7 Å². The van der Waals surface area contributed by atoms with Crippen molar-refractivity contribution < 1.29 is 0 Å². The lowest BCUT2D eigenvalue weighted by molar-refractivity contribution is 0.504. The maximum atomic E-state index is 4.56. The van der Waals surface area contributed by atoms with Crippen molar-refractivity contribution in [2.24, 2.45) is 0 Å². The molecule has 2 rings (SSSR count). The van der Waals surface area contributed by atoms with Gasteiger partial charge in [0.2, 0.25) is 0 Å². The van der Waals surface area contributed by atoms with Crippen LogP contribution < -0.4 is 5.32 Å². The van der Waals surface area contributed by atoms with Crippen LogP contribution in [0.5, 0.6) is 0 Å². The Morgan fingerprint density at radius 3 is 2.94 bits per heavy atom. The van der Waals surface area contributed by atoms with Crippen LogP contribution in [-0.4, -0.2) is 28.8 Å². The Bertz CT molecular complexity index is 444. The molecule has 0 aliphatic rings. The smallest absolute Gasteiger partial charge is 0.166 e. The Balaban J connectivity index is 1.80. The van der Waals surface area contributed by atoms with E-state index in [2.05, 4.69) is 28.3 Å². The van der Waals surface area contributed by atoms with E-state index in [0.29, 0.717) is 6.04 Å². The molecular weight excluding hydrogens is 242 g/mol. The van der Waals surface area contributed by atoms with Crippen molar-refractivity contribution in [2.45, 2.75) is 37.4 Å². The van der Waals surface area contributed by atoms with Gasteiger partial charge in [-0.15, -0.1) is 0 Å². The highest BCUT2D eigenvalue weighted by Crippen LogP contribution is 2.20. The van der Waals surface area contributed by atoms with Gasteiger partial charge in [-0.2, -0.15) is 0 Å². The van der Waals surface area contributed by atoms with Crippen molar-refractivity contribution in [3.63, 3.8) is 0 Å². The molecule has 1 atom stereocenters. The van der Waals surface area contributed by atoms with E-state index < -0.39 is 0 Å².